The molecule has 0 aliphatic carbocycles. The van der Waals surface area contributed by atoms with Gasteiger partial charge in [0, 0.05) is 11.1 Å². The van der Waals surface area contributed by atoms with Crippen molar-refractivity contribution in [1.82, 2.24) is 9.97 Å². The van der Waals surface area contributed by atoms with Crippen molar-refractivity contribution in [2.24, 2.45) is 0 Å². The van der Waals surface area contributed by atoms with E-state index in [0.29, 0.717) is 0 Å². The first kappa shape index (κ1) is 19.9. The molecule has 0 amide bonds. The molecule has 0 saturated carbocycles. The molecule has 0 aliphatic heterocycles. The Bertz CT molecular complexity index is 864. The summed E-state index contributed by atoms with van der Waals surface area (Å²) in [5.74, 6) is -1.90. The monoisotopic (exact) mass is 384 g/mol. The fraction of sp³-hybridized carbons (Fsp3) is 0.278. The summed E-state index contributed by atoms with van der Waals surface area (Å²) in [5, 5.41) is -0.349. The molecule has 1 aromatic carbocycles. The van der Waals surface area contributed by atoms with Gasteiger partial charge >= 0.3 is 5.97 Å². The average Bonchev–Trinajstić information content (AvgIpc) is 2.54. The number of rotatable bonds is 4. The minimum Gasteiger partial charge on any atom is -0.455 e. The highest BCUT2D eigenvalue weighted by atomic mass is 35.5. The van der Waals surface area contributed by atoms with Gasteiger partial charge in [-0.3, -0.25) is 4.98 Å². The van der Waals surface area contributed by atoms with Gasteiger partial charge < -0.3 is 4.74 Å². The summed E-state index contributed by atoms with van der Waals surface area (Å²) in [5.41, 5.74) is -2.37. The predicted octanol–water partition coefficient (Wildman–Crippen LogP) is 5.47. The molecule has 138 valence electrons. The molecule has 0 N–H and O–H groups in total. The van der Waals surface area contributed by atoms with Crippen LogP contribution in [0.1, 0.15) is 48.9 Å². The Balaban J connectivity index is 2.67. The molecular formula is C18H16ClF3N2O2. The molecule has 0 fully saturated rings. The van der Waals surface area contributed by atoms with Crippen molar-refractivity contribution in [2.75, 3.05) is 0 Å². The highest BCUT2D eigenvalue weighted by molar-refractivity contribution is 6.31. The second-order valence-corrected chi connectivity index (χ2v) is 6.73. The van der Waals surface area contributed by atoms with Gasteiger partial charge in [0.1, 0.15) is 5.60 Å². The number of hydrogen-bond donors (Lipinski definition) is 0. The minimum absolute atomic E-state index is 0.0871. The molecular weight excluding hydrogens is 369 g/mol. The van der Waals surface area contributed by atoms with Crippen LogP contribution in [0.3, 0.4) is 0 Å². The molecule has 0 radical (unpaired) electrons. The number of carbonyl (C=O) groups is 1. The zero-order valence-electron chi connectivity index (χ0n) is 14.3. The van der Waals surface area contributed by atoms with Crippen LogP contribution in [0.2, 0.25) is 5.02 Å². The van der Waals surface area contributed by atoms with Crippen LogP contribution in [0.4, 0.5) is 13.2 Å². The zero-order chi connectivity index (χ0) is 19.6. The van der Waals surface area contributed by atoms with Crippen molar-refractivity contribution in [3.05, 3.63) is 52.7 Å². The minimum atomic E-state index is -2.97. The number of nitrogens with zero attached hydrogens (tertiary/aromatic N) is 2. The van der Waals surface area contributed by atoms with E-state index in [-0.39, 0.29) is 22.1 Å². The first-order chi connectivity index (χ1) is 12.0. The fourth-order valence-corrected chi connectivity index (χ4v) is 2.31. The van der Waals surface area contributed by atoms with Crippen LogP contribution in [0, 0.1) is 5.82 Å². The SMILES string of the molecule is C=Cc1ncc(-c2c(C(F)F)ccc(Cl)c2F)nc1C(=O)OC(C)(C)C. The summed E-state index contributed by atoms with van der Waals surface area (Å²) in [6.07, 6.45) is -0.633. The molecule has 4 nitrogen and oxygen atoms in total. The van der Waals surface area contributed by atoms with Crippen LogP contribution in [-0.2, 0) is 4.74 Å². The largest absolute Gasteiger partial charge is 0.455 e. The lowest BCUT2D eigenvalue weighted by molar-refractivity contribution is 0.00621. The standard InChI is InChI=1S/C18H16ClF3N2O2/c1-5-11-15(17(25)26-18(2,3)4)24-12(8-23-11)13-9(16(21)22)6-7-10(19)14(13)20/h5-8,16H,1H2,2-4H3. The Hall–Kier alpha value is -2.41. The van der Waals surface area contributed by atoms with Crippen LogP contribution in [0.15, 0.2) is 24.9 Å². The molecule has 0 spiro atoms. The van der Waals surface area contributed by atoms with Crippen LogP contribution in [-0.4, -0.2) is 21.5 Å². The normalized spacial score (nSPS) is 11.5. The van der Waals surface area contributed by atoms with Crippen LogP contribution in [0.25, 0.3) is 17.3 Å². The molecule has 26 heavy (non-hydrogen) atoms. The van der Waals surface area contributed by atoms with Gasteiger partial charge in [0.2, 0.25) is 0 Å². The highest BCUT2D eigenvalue weighted by Gasteiger charge is 2.26. The van der Waals surface area contributed by atoms with Gasteiger partial charge in [0.25, 0.3) is 6.43 Å². The Kier molecular flexibility index (Phi) is 5.71. The summed E-state index contributed by atoms with van der Waals surface area (Å²) in [7, 11) is 0. The summed E-state index contributed by atoms with van der Waals surface area (Å²) in [4.78, 5) is 20.3. The topological polar surface area (TPSA) is 52.1 Å². The van der Waals surface area contributed by atoms with Gasteiger partial charge in [0.05, 0.1) is 22.6 Å². The first-order valence-corrected chi connectivity index (χ1v) is 7.92. The molecule has 0 saturated heterocycles. The number of benzene rings is 1. The molecule has 2 aromatic rings. The highest BCUT2D eigenvalue weighted by Crippen LogP contribution is 2.35. The van der Waals surface area contributed by atoms with E-state index in [9.17, 15) is 18.0 Å². The van der Waals surface area contributed by atoms with E-state index < -0.39 is 34.9 Å². The Morgan fingerprint density at radius 1 is 1.35 bits per heavy atom. The van der Waals surface area contributed by atoms with E-state index in [0.717, 1.165) is 18.3 Å². The molecule has 2 rings (SSSR count). The predicted molar refractivity (Wildman–Crippen MR) is 92.7 cm³/mol. The van der Waals surface area contributed by atoms with E-state index in [2.05, 4.69) is 16.5 Å². The molecule has 0 atom stereocenters. The number of ether oxygens (including phenoxy) is 1. The van der Waals surface area contributed by atoms with E-state index in [4.69, 9.17) is 16.3 Å². The fourth-order valence-electron chi connectivity index (χ4n) is 2.15. The van der Waals surface area contributed by atoms with E-state index in [1.807, 2.05) is 0 Å². The second kappa shape index (κ2) is 7.45. The van der Waals surface area contributed by atoms with Gasteiger partial charge in [0.15, 0.2) is 11.5 Å². The van der Waals surface area contributed by atoms with E-state index in [1.165, 1.54) is 6.08 Å². The quantitative estimate of drug-likeness (QED) is 0.656. The molecule has 8 heteroatoms. The number of alkyl halides is 2. The Labute approximate surface area is 153 Å². The summed E-state index contributed by atoms with van der Waals surface area (Å²) in [6, 6.07) is 2.03. The van der Waals surface area contributed by atoms with Crippen molar-refractivity contribution in [2.45, 2.75) is 32.8 Å². The van der Waals surface area contributed by atoms with Gasteiger partial charge in [-0.25, -0.2) is 22.9 Å². The maximum atomic E-state index is 14.4. The van der Waals surface area contributed by atoms with Gasteiger partial charge in [-0.2, -0.15) is 0 Å². The van der Waals surface area contributed by atoms with Gasteiger partial charge in [-0.05, 0) is 32.9 Å². The van der Waals surface area contributed by atoms with Crippen molar-refractivity contribution >= 4 is 23.6 Å². The van der Waals surface area contributed by atoms with E-state index >= 15 is 0 Å². The van der Waals surface area contributed by atoms with Crippen LogP contribution < -0.4 is 0 Å². The molecule has 1 aromatic heterocycles. The van der Waals surface area contributed by atoms with Crippen LogP contribution in [0.5, 0.6) is 0 Å². The third-order valence-corrected chi connectivity index (χ3v) is 3.50. The van der Waals surface area contributed by atoms with E-state index in [1.54, 1.807) is 20.8 Å². The number of esters is 1. The Morgan fingerprint density at radius 2 is 2.00 bits per heavy atom. The average molecular weight is 385 g/mol. The second-order valence-electron chi connectivity index (χ2n) is 6.32. The van der Waals surface area contributed by atoms with Gasteiger partial charge in [-0.1, -0.05) is 24.2 Å². The summed E-state index contributed by atoms with van der Waals surface area (Å²) in [6.45, 7) is 8.49. The summed E-state index contributed by atoms with van der Waals surface area (Å²) >= 11 is 5.71. The van der Waals surface area contributed by atoms with Gasteiger partial charge in [-0.15, -0.1) is 0 Å². The van der Waals surface area contributed by atoms with Crippen LogP contribution >= 0.6 is 11.6 Å². The first-order valence-electron chi connectivity index (χ1n) is 7.54. The molecule has 0 aliphatic rings. The molecule has 0 unspecified atom stereocenters. The lowest BCUT2D eigenvalue weighted by atomic mass is 10.0. The number of hydrogen-bond acceptors (Lipinski definition) is 4. The molecule has 0 bridgehead atoms. The third kappa shape index (κ3) is 4.22. The maximum Gasteiger partial charge on any atom is 0.359 e. The molecule has 1 heterocycles. The Morgan fingerprint density at radius 3 is 2.54 bits per heavy atom. The zero-order valence-corrected chi connectivity index (χ0v) is 15.1. The maximum absolute atomic E-state index is 14.4. The smallest absolute Gasteiger partial charge is 0.359 e. The summed E-state index contributed by atoms with van der Waals surface area (Å²) < 4.78 is 46.2. The number of aromatic nitrogens is 2. The van der Waals surface area contributed by atoms with Crippen molar-refractivity contribution in [1.29, 1.82) is 0 Å². The lowest BCUT2D eigenvalue weighted by Crippen LogP contribution is -2.25. The van der Waals surface area contributed by atoms with Crippen molar-refractivity contribution in [3.63, 3.8) is 0 Å². The van der Waals surface area contributed by atoms with Crippen molar-refractivity contribution < 1.29 is 22.7 Å². The van der Waals surface area contributed by atoms with Crippen molar-refractivity contribution in [3.8, 4) is 11.3 Å². The third-order valence-electron chi connectivity index (χ3n) is 3.20. The number of carbonyl (C=O) groups excluding carboxylic acids is 1. The number of halogens is 4. The lowest BCUT2D eigenvalue weighted by Gasteiger charge is -2.20.